The predicted molar refractivity (Wildman–Crippen MR) is 98.8 cm³/mol. The Morgan fingerprint density at radius 2 is 1.93 bits per heavy atom. The zero-order chi connectivity index (χ0) is 19.8. The van der Waals surface area contributed by atoms with Gasteiger partial charge in [0.05, 0.1) is 22.8 Å². The van der Waals surface area contributed by atoms with Gasteiger partial charge in [-0.1, -0.05) is 18.2 Å². The maximum absolute atomic E-state index is 12.2. The number of anilines is 2. The number of non-ortho nitro benzene ring substituents is 1. The number of rotatable bonds is 8. The van der Waals surface area contributed by atoms with Crippen LogP contribution in [0.3, 0.4) is 0 Å². The van der Waals surface area contributed by atoms with Crippen LogP contribution in [0.1, 0.15) is 15.9 Å². The normalized spacial score (nSPS) is 10.1. The highest BCUT2D eigenvalue weighted by Gasteiger charge is 2.15. The minimum absolute atomic E-state index is 0.103. The monoisotopic (exact) mass is 373 g/mol. The minimum atomic E-state index is -0.707. The highest BCUT2D eigenvalue weighted by Crippen LogP contribution is 2.22. The van der Waals surface area contributed by atoms with Crippen molar-refractivity contribution < 1.29 is 24.4 Å². The second kappa shape index (κ2) is 9.30. The number of nitro benzene ring substituents is 1. The van der Waals surface area contributed by atoms with Crippen LogP contribution in [0.25, 0.3) is 0 Å². The zero-order valence-electron chi connectivity index (χ0n) is 14.6. The molecular weight excluding hydrogens is 354 g/mol. The first-order chi connectivity index (χ1) is 12.9. The molecule has 142 valence electrons. The van der Waals surface area contributed by atoms with E-state index in [0.717, 1.165) is 0 Å². The van der Waals surface area contributed by atoms with Crippen LogP contribution < -0.4 is 10.6 Å². The van der Waals surface area contributed by atoms with Gasteiger partial charge < -0.3 is 20.5 Å². The molecule has 0 fully saturated rings. The van der Waals surface area contributed by atoms with Crippen molar-refractivity contribution in [3.05, 3.63) is 63.7 Å². The van der Waals surface area contributed by atoms with Gasteiger partial charge in [-0.15, -0.1) is 0 Å². The Morgan fingerprint density at radius 3 is 2.63 bits per heavy atom. The first-order valence-electron chi connectivity index (χ1n) is 8.08. The number of carbonyl (C=O) groups is 2. The van der Waals surface area contributed by atoms with Crippen LogP contribution >= 0.6 is 0 Å². The quantitative estimate of drug-likeness (QED) is 0.367. The predicted octanol–water partition coefficient (Wildman–Crippen LogP) is 2.10. The summed E-state index contributed by atoms with van der Waals surface area (Å²) < 4.78 is 5.01. The number of carbonyl (C=O) groups excluding carboxylic acids is 2. The number of aliphatic hydroxyl groups excluding tert-OH is 1. The summed E-state index contributed by atoms with van der Waals surface area (Å²) in [5, 5.41) is 25.1. The van der Waals surface area contributed by atoms with Gasteiger partial charge in [0.25, 0.3) is 11.6 Å². The van der Waals surface area contributed by atoms with Gasteiger partial charge in [0, 0.05) is 24.4 Å². The van der Waals surface area contributed by atoms with Crippen LogP contribution in [-0.4, -0.2) is 41.7 Å². The van der Waals surface area contributed by atoms with Gasteiger partial charge in [-0.2, -0.15) is 0 Å². The third kappa shape index (κ3) is 5.51. The molecule has 0 atom stereocenters. The Labute approximate surface area is 155 Å². The highest BCUT2D eigenvalue weighted by molar-refractivity contribution is 5.98. The molecule has 2 aromatic carbocycles. The Kier molecular flexibility index (Phi) is 6.84. The molecule has 0 heterocycles. The smallest absolute Gasteiger partial charge is 0.340 e. The summed E-state index contributed by atoms with van der Waals surface area (Å²) in [5.74, 6) is -1.32. The van der Waals surface area contributed by atoms with E-state index < -0.39 is 23.4 Å². The first-order valence-corrected chi connectivity index (χ1v) is 8.08. The highest BCUT2D eigenvalue weighted by atomic mass is 16.6. The number of nitrogens with zero attached hydrogens (tertiary/aromatic N) is 1. The second-order valence-corrected chi connectivity index (χ2v) is 5.58. The summed E-state index contributed by atoms with van der Waals surface area (Å²) in [6, 6.07) is 10.6. The molecule has 0 radical (unpaired) electrons. The molecule has 3 N–H and O–H groups in total. The second-order valence-electron chi connectivity index (χ2n) is 5.58. The molecule has 2 aromatic rings. The molecular formula is C18H19N3O6. The molecule has 2 rings (SSSR count). The maximum Gasteiger partial charge on any atom is 0.340 e. The van der Waals surface area contributed by atoms with E-state index in [1.54, 1.807) is 25.1 Å². The van der Waals surface area contributed by atoms with E-state index in [0.29, 0.717) is 11.3 Å². The fourth-order valence-electron chi connectivity index (χ4n) is 2.26. The standard InChI is InChI=1S/C18H19N3O6/c1-12-6-7-13(21(25)26)10-16(12)20-17(23)11-27-18(24)14-4-2-3-5-15(14)19-8-9-22/h2-7,10,19,22H,8-9,11H2,1H3,(H,20,23). The van der Waals surface area contributed by atoms with Crippen molar-refractivity contribution in [2.24, 2.45) is 0 Å². The van der Waals surface area contributed by atoms with E-state index in [1.165, 1.54) is 24.3 Å². The average molecular weight is 373 g/mol. The lowest BCUT2D eigenvalue weighted by Gasteiger charge is -2.11. The molecule has 9 nitrogen and oxygen atoms in total. The number of aliphatic hydroxyl groups is 1. The third-order valence-corrected chi connectivity index (χ3v) is 3.61. The lowest BCUT2D eigenvalue weighted by molar-refractivity contribution is -0.384. The van der Waals surface area contributed by atoms with E-state index in [9.17, 15) is 19.7 Å². The Balaban J connectivity index is 1.99. The first kappa shape index (κ1) is 19.9. The molecule has 0 bridgehead atoms. The molecule has 0 unspecified atom stereocenters. The Hall–Kier alpha value is -3.46. The number of esters is 1. The number of hydrogen-bond donors (Lipinski definition) is 3. The SMILES string of the molecule is Cc1ccc([N+](=O)[O-])cc1NC(=O)COC(=O)c1ccccc1NCCO. The van der Waals surface area contributed by atoms with Crippen molar-refractivity contribution in [2.45, 2.75) is 6.92 Å². The molecule has 0 aliphatic carbocycles. The van der Waals surface area contributed by atoms with Crippen molar-refractivity contribution in [2.75, 3.05) is 30.4 Å². The van der Waals surface area contributed by atoms with Gasteiger partial charge in [-0.05, 0) is 24.6 Å². The van der Waals surface area contributed by atoms with Crippen molar-refractivity contribution in [3.63, 3.8) is 0 Å². The van der Waals surface area contributed by atoms with Crippen LogP contribution in [0.2, 0.25) is 0 Å². The van der Waals surface area contributed by atoms with Gasteiger partial charge in [-0.25, -0.2) is 4.79 Å². The Bertz CT molecular complexity index is 853. The lowest BCUT2D eigenvalue weighted by atomic mass is 10.2. The number of ether oxygens (including phenoxy) is 1. The molecule has 1 amide bonds. The fraction of sp³-hybridized carbons (Fsp3) is 0.222. The number of hydrogen-bond acceptors (Lipinski definition) is 7. The van der Waals surface area contributed by atoms with Gasteiger partial charge in [0.15, 0.2) is 6.61 Å². The summed E-state index contributed by atoms with van der Waals surface area (Å²) in [5.41, 5.74) is 1.46. The van der Waals surface area contributed by atoms with Gasteiger partial charge >= 0.3 is 5.97 Å². The van der Waals surface area contributed by atoms with Gasteiger partial charge in [0.2, 0.25) is 0 Å². The average Bonchev–Trinajstić information content (AvgIpc) is 2.66. The van der Waals surface area contributed by atoms with Crippen molar-refractivity contribution in [1.29, 1.82) is 0 Å². The van der Waals surface area contributed by atoms with E-state index in [4.69, 9.17) is 9.84 Å². The molecule has 9 heteroatoms. The summed E-state index contributed by atoms with van der Waals surface area (Å²) in [7, 11) is 0. The van der Waals surface area contributed by atoms with Gasteiger partial charge in [-0.3, -0.25) is 14.9 Å². The van der Waals surface area contributed by atoms with Crippen LogP contribution in [0.4, 0.5) is 17.1 Å². The number of aryl methyl sites for hydroxylation is 1. The number of nitro groups is 1. The van der Waals surface area contributed by atoms with E-state index in [-0.39, 0.29) is 30.1 Å². The lowest BCUT2D eigenvalue weighted by Crippen LogP contribution is -2.22. The largest absolute Gasteiger partial charge is 0.452 e. The summed E-state index contributed by atoms with van der Waals surface area (Å²) in [6.07, 6.45) is 0. The van der Waals surface area contributed by atoms with Crippen LogP contribution in [0, 0.1) is 17.0 Å². The van der Waals surface area contributed by atoms with Crippen molar-refractivity contribution >= 4 is 28.9 Å². The third-order valence-electron chi connectivity index (χ3n) is 3.61. The molecule has 27 heavy (non-hydrogen) atoms. The van der Waals surface area contributed by atoms with Crippen molar-refractivity contribution in [1.82, 2.24) is 0 Å². The van der Waals surface area contributed by atoms with E-state index in [2.05, 4.69) is 10.6 Å². The molecule has 0 aliphatic rings. The number of nitrogens with one attached hydrogen (secondary N) is 2. The van der Waals surface area contributed by atoms with Crippen LogP contribution in [0.15, 0.2) is 42.5 Å². The number of para-hydroxylation sites is 1. The van der Waals surface area contributed by atoms with E-state index >= 15 is 0 Å². The Morgan fingerprint density at radius 1 is 1.19 bits per heavy atom. The fourth-order valence-corrected chi connectivity index (χ4v) is 2.26. The topological polar surface area (TPSA) is 131 Å². The zero-order valence-corrected chi connectivity index (χ0v) is 14.6. The summed E-state index contributed by atoms with van der Waals surface area (Å²) in [4.78, 5) is 34.5. The molecule has 0 aliphatic heterocycles. The van der Waals surface area contributed by atoms with Crippen molar-refractivity contribution in [3.8, 4) is 0 Å². The molecule has 0 saturated heterocycles. The molecule has 0 aromatic heterocycles. The summed E-state index contributed by atoms with van der Waals surface area (Å²) in [6.45, 7) is 1.30. The number of amides is 1. The van der Waals surface area contributed by atoms with Gasteiger partial charge in [0.1, 0.15) is 0 Å². The minimum Gasteiger partial charge on any atom is -0.452 e. The molecule has 0 spiro atoms. The summed E-state index contributed by atoms with van der Waals surface area (Å²) >= 11 is 0. The number of benzene rings is 2. The van der Waals surface area contributed by atoms with E-state index in [1.807, 2.05) is 0 Å². The van der Waals surface area contributed by atoms with Crippen LogP contribution in [0.5, 0.6) is 0 Å². The molecule has 0 saturated carbocycles. The van der Waals surface area contributed by atoms with Crippen LogP contribution in [-0.2, 0) is 9.53 Å². The maximum atomic E-state index is 12.2.